The van der Waals surface area contributed by atoms with Gasteiger partial charge in [0.1, 0.15) is 11.4 Å². The Labute approximate surface area is 105 Å². The predicted octanol–water partition coefficient (Wildman–Crippen LogP) is 2.54. The van der Waals surface area contributed by atoms with Gasteiger partial charge in [0.2, 0.25) is 0 Å². The largest absolute Gasteiger partial charge is 0.497 e. The molecule has 0 unspecified atom stereocenters. The van der Waals surface area contributed by atoms with Crippen molar-refractivity contribution >= 4 is 5.97 Å². The van der Waals surface area contributed by atoms with Crippen molar-refractivity contribution in [1.29, 1.82) is 0 Å². The number of esters is 1. The monoisotopic (exact) mass is 243 g/mol. The maximum Gasteiger partial charge on any atom is 0.356 e. The van der Waals surface area contributed by atoms with Crippen molar-refractivity contribution in [2.24, 2.45) is 0 Å². The second kappa shape index (κ2) is 5.31. The van der Waals surface area contributed by atoms with Crippen molar-refractivity contribution in [3.05, 3.63) is 48.2 Å². The van der Waals surface area contributed by atoms with E-state index >= 15 is 0 Å². The lowest BCUT2D eigenvalue weighted by atomic mass is 10.1. The number of methoxy groups -OCH3 is 2. The van der Waals surface area contributed by atoms with Crippen LogP contribution in [0.3, 0.4) is 0 Å². The van der Waals surface area contributed by atoms with E-state index in [4.69, 9.17) is 4.74 Å². The third-order valence-electron chi connectivity index (χ3n) is 2.51. The molecule has 0 radical (unpaired) electrons. The van der Waals surface area contributed by atoms with Crippen LogP contribution >= 0.6 is 0 Å². The van der Waals surface area contributed by atoms with Gasteiger partial charge in [-0.05, 0) is 24.3 Å². The van der Waals surface area contributed by atoms with Crippen LogP contribution in [-0.4, -0.2) is 25.2 Å². The summed E-state index contributed by atoms with van der Waals surface area (Å²) in [7, 11) is 2.94. The standard InChI is InChI=1S/C14H13NO3/c1-17-11-6-3-5-10(9-11)12-7-4-8-13(15-12)14(16)18-2/h3-9H,1-2H3. The van der Waals surface area contributed by atoms with Crippen LogP contribution in [0.15, 0.2) is 42.5 Å². The van der Waals surface area contributed by atoms with E-state index in [1.54, 1.807) is 19.2 Å². The number of hydrogen-bond acceptors (Lipinski definition) is 4. The first-order chi connectivity index (χ1) is 8.74. The molecule has 92 valence electrons. The number of carbonyl (C=O) groups is 1. The van der Waals surface area contributed by atoms with E-state index in [1.807, 2.05) is 30.3 Å². The summed E-state index contributed by atoms with van der Waals surface area (Å²) in [4.78, 5) is 15.7. The van der Waals surface area contributed by atoms with Crippen molar-refractivity contribution in [3.63, 3.8) is 0 Å². The number of carbonyl (C=O) groups excluding carboxylic acids is 1. The fourth-order valence-electron chi connectivity index (χ4n) is 1.60. The van der Waals surface area contributed by atoms with Gasteiger partial charge in [0, 0.05) is 5.56 Å². The van der Waals surface area contributed by atoms with E-state index in [0.717, 1.165) is 11.3 Å². The lowest BCUT2D eigenvalue weighted by Gasteiger charge is -2.05. The molecule has 0 fully saturated rings. The van der Waals surface area contributed by atoms with E-state index in [2.05, 4.69) is 9.72 Å². The highest BCUT2D eigenvalue weighted by molar-refractivity contribution is 5.87. The molecule has 0 saturated carbocycles. The van der Waals surface area contributed by atoms with Gasteiger partial charge >= 0.3 is 5.97 Å². The molecule has 2 aromatic rings. The second-order valence-electron chi connectivity index (χ2n) is 3.63. The highest BCUT2D eigenvalue weighted by atomic mass is 16.5. The molecular weight excluding hydrogens is 230 g/mol. The van der Waals surface area contributed by atoms with Gasteiger partial charge in [-0.1, -0.05) is 18.2 Å². The van der Waals surface area contributed by atoms with E-state index in [9.17, 15) is 4.79 Å². The molecule has 0 amide bonds. The molecule has 1 aromatic heterocycles. The molecule has 1 aromatic carbocycles. The third-order valence-corrected chi connectivity index (χ3v) is 2.51. The smallest absolute Gasteiger partial charge is 0.356 e. The summed E-state index contributed by atoms with van der Waals surface area (Å²) in [6.07, 6.45) is 0. The molecule has 0 aliphatic rings. The van der Waals surface area contributed by atoms with Crippen molar-refractivity contribution in [3.8, 4) is 17.0 Å². The Hall–Kier alpha value is -2.36. The molecule has 2 rings (SSSR count). The minimum absolute atomic E-state index is 0.290. The average molecular weight is 243 g/mol. The SMILES string of the molecule is COC(=O)c1cccc(-c2cccc(OC)c2)n1. The lowest BCUT2D eigenvalue weighted by Crippen LogP contribution is -2.04. The molecule has 0 aliphatic heterocycles. The minimum atomic E-state index is -0.445. The Bertz CT molecular complexity index is 566. The highest BCUT2D eigenvalue weighted by Crippen LogP contribution is 2.22. The van der Waals surface area contributed by atoms with Gasteiger partial charge in [0.05, 0.1) is 19.9 Å². The average Bonchev–Trinajstić information content (AvgIpc) is 2.46. The van der Waals surface area contributed by atoms with Crippen molar-refractivity contribution in [2.75, 3.05) is 14.2 Å². The highest BCUT2D eigenvalue weighted by Gasteiger charge is 2.08. The first-order valence-electron chi connectivity index (χ1n) is 5.44. The zero-order chi connectivity index (χ0) is 13.0. The van der Waals surface area contributed by atoms with Crippen LogP contribution in [0.4, 0.5) is 0 Å². The molecule has 4 nitrogen and oxygen atoms in total. The lowest BCUT2D eigenvalue weighted by molar-refractivity contribution is 0.0594. The summed E-state index contributed by atoms with van der Waals surface area (Å²) in [5.74, 6) is 0.303. The molecule has 18 heavy (non-hydrogen) atoms. The summed E-state index contributed by atoms with van der Waals surface area (Å²) < 4.78 is 9.80. The van der Waals surface area contributed by atoms with Crippen LogP contribution in [0.25, 0.3) is 11.3 Å². The van der Waals surface area contributed by atoms with E-state index in [1.165, 1.54) is 7.11 Å². The Kier molecular flexibility index (Phi) is 3.57. The first-order valence-corrected chi connectivity index (χ1v) is 5.44. The van der Waals surface area contributed by atoms with Gasteiger partial charge in [-0.3, -0.25) is 0 Å². The van der Waals surface area contributed by atoms with Crippen LogP contribution in [0.5, 0.6) is 5.75 Å². The van der Waals surface area contributed by atoms with Gasteiger partial charge in [0.15, 0.2) is 0 Å². The Morgan fingerprint density at radius 1 is 1.11 bits per heavy atom. The fraction of sp³-hybridized carbons (Fsp3) is 0.143. The molecule has 0 N–H and O–H groups in total. The normalized spacial score (nSPS) is 9.89. The number of ether oxygens (including phenoxy) is 2. The molecule has 0 bridgehead atoms. The molecule has 4 heteroatoms. The Morgan fingerprint density at radius 3 is 2.61 bits per heavy atom. The number of rotatable bonds is 3. The number of benzene rings is 1. The molecule has 0 atom stereocenters. The summed E-state index contributed by atoms with van der Waals surface area (Å²) in [5.41, 5.74) is 1.88. The van der Waals surface area contributed by atoms with Crippen molar-refractivity contribution < 1.29 is 14.3 Å². The Morgan fingerprint density at radius 2 is 1.89 bits per heavy atom. The van der Waals surface area contributed by atoms with E-state index in [-0.39, 0.29) is 5.69 Å². The summed E-state index contributed by atoms with van der Waals surface area (Å²) in [5, 5.41) is 0. The number of pyridine rings is 1. The van der Waals surface area contributed by atoms with E-state index in [0.29, 0.717) is 5.69 Å². The van der Waals surface area contributed by atoms with Crippen molar-refractivity contribution in [2.45, 2.75) is 0 Å². The van der Waals surface area contributed by atoms with Crippen LogP contribution < -0.4 is 4.74 Å². The third kappa shape index (κ3) is 2.48. The summed E-state index contributed by atoms with van der Waals surface area (Å²) in [6.45, 7) is 0. The van der Waals surface area contributed by atoms with Gasteiger partial charge in [-0.15, -0.1) is 0 Å². The summed E-state index contributed by atoms with van der Waals surface area (Å²) >= 11 is 0. The zero-order valence-electron chi connectivity index (χ0n) is 10.2. The van der Waals surface area contributed by atoms with Crippen LogP contribution in [0, 0.1) is 0 Å². The number of aromatic nitrogens is 1. The number of hydrogen-bond donors (Lipinski definition) is 0. The first kappa shape index (κ1) is 12.1. The van der Waals surface area contributed by atoms with Gasteiger partial charge < -0.3 is 9.47 Å². The Balaban J connectivity index is 2.41. The van der Waals surface area contributed by atoms with E-state index < -0.39 is 5.97 Å². The summed E-state index contributed by atoms with van der Waals surface area (Å²) in [6, 6.07) is 12.7. The van der Waals surface area contributed by atoms with Gasteiger partial charge in [0.25, 0.3) is 0 Å². The minimum Gasteiger partial charge on any atom is -0.497 e. The second-order valence-corrected chi connectivity index (χ2v) is 3.63. The topological polar surface area (TPSA) is 48.4 Å². The molecule has 1 heterocycles. The number of nitrogens with zero attached hydrogens (tertiary/aromatic N) is 1. The zero-order valence-corrected chi connectivity index (χ0v) is 10.2. The van der Waals surface area contributed by atoms with Gasteiger partial charge in [-0.25, -0.2) is 9.78 Å². The quantitative estimate of drug-likeness (QED) is 0.777. The molecule has 0 saturated heterocycles. The van der Waals surface area contributed by atoms with Gasteiger partial charge in [-0.2, -0.15) is 0 Å². The molecule has 0 spiro atoms. The van der Waals surface area contributed by atoms with Crippen LogP contribution in [0.2, 0.25) is 0 Å². The molecule has 0 aliphatic carbocycles. The van der Waals surface area contributed by atoms with Crippen LogP contribution in [-0.2, 0) is 4.74 Å². The fourth-order valence-corrected chi connectivity index (χ4v) is 1.60. The van der Waals surface area contributed by atoms with Crippen LogP contribution in [0.1, 0.15) is 10.5 Å². The maximum atomic E-state index is 11.4. The predicted molar refractivity (Wildman–Crippen MR) is 67.6 cm³/mol. The van der Waals surface area contributed by atoms with Crippen molar-refractivity contribution in [1.82, 2.24) is 4.98 Å². The maximum absolute atomic E-state index is 11.4. The molecular formula is C14H13NO3.